The fourth-order valence-corrected chi connectivity index (χ4v) is 1.73. The molecule has 0 aliphatic rings. The summed E-state index contributed by atoms with van der Waals surface area (Å²) in [5.41, 5.74) is 8.52. The van der Waals surface area contributed by atoms with Gasteiger partial charge in [-0.3, -0.25) is 4.98 Å². The van der Waals surface area contributed by atoms with Gasteiger partial charge in [-0.1, -0.05) is 0 Å². The van der Waals surface area contributed by atoms with E-state index < -0.39 is 0 Å². The van der Waals surface area contributed by atoms with Gasteiger partial charge in [0.2, 0.25) is 0 Å². The van der Waals surface area contributed by atoms with Gasteiger partial charge < -0.3 is 15.0 Å². The van der Waals surface area contributed by atoms with Gasteiger partial charge in [-0.05, 0) is 19.9 Å². The highest BCUT2D eigenvalue weighted by Gasteiger charge is 2.08. The molecular formula is C13H18N4O. The molecule has 0 spiro atoms. The molecule has 2 heterocycles. The lowest BCUT2D eigenvalue weighted by atomic mass is 10.2. The highest BCUT2D eigenvalue weighted by molar-refractivity contribution is 5.72. The van der Waals surface area contributed by atoms with Crippen molar-refractivity contribution in [2.45, 2.75) is 26.5 Å². The van der Waals surface area contributed by atoms with Crippen molar-refractivity contribution in [3.63, 3.8) is 0 Å². The van der Waals surface area contributed by atoms with Crippen molar-refractivity contribution in [1.82, 2.24) is 14.5 Å². The van der Waals surface area contributed by atoms with Gasteiger partial charge in [-0.25, -0.2) is 4.98 Å². The van der Waals surface area contributed by atoms with E-state index in [0.717, 1.165) is 17.8 Å². The third-order valence-corrected chi connectivity index (χ3v) is 2.63. The standard InChI is InChI=1S/C13H18N4O/c1-10(2)18-6-5-17-9-16-8-13(17)11-7-15-4-3-12(11)14/h3-4,7-10H,5-6H2,1-2H3,(H2,14,15). The Morgan fingerprint density at radius 3 is 2.89 bits per heavy atom. The summed E-state index contributed by atoms with van der Waals surface area (Å²) in [6.45, 7) is 5.45. The zero-order valence-corrected chi connectivity index (χ0v) is 10.7. The van der Waals surface area contributed by atoms with Crippen LogP contribution >= 0.6 is 0 Å². The molecule has 0 aliphatic carbocycles. The van der Waals surface area contributed by atoms with E-state index in [1.54, 1.807) is 31.0 Å². The number of hydrogen-bond donors (Lipinski definition) is 1. The van der Waals surface area contributed by atoms with Crippen molar-refractivity contribution in [2.75, 3.05) is 12.3 Å². The van der Waals surface area contributed by atoms with Crippen LogP contribution in [0.5, 0.6) is 0 Å². The number of hydrogen-bond acceptors (Lipinski definition) is 4. The predicted octanol–water partition coefficient (Wildman–Crippen LogP) is 1.95. The minimum absolute atomic E-state index is 0.237. The van der Waals surface area contributed by atoms with Gasteiger partial charge in [-0.15, -0.1) is 0 Å². The van der Waals surface area contributed by atoms with E-state index in [-0.39, 0.29) is 6.10 Å². The summed E-state index contributed by atoms with van der Waals surface area (Å²) in [7, 11) is 0. The lowest BCUT2D eigenvalue weighted by Gasteiger charge is -2.11. The Kier molecular flexibility index (Phi) is 3.94. The average molecular weight is 246 g/mol. The molecule has 2 aromatic rings. The second kappa shape index (κ2) is 5.64. The molecule has 5 nitrogen and oxygen atoms in total. The van der Waals surface area contributed by atoms with Crippen LogP contribution in [-0.2, 0) is 11.3 Å². The lowest BCUT2D eigenvalue weighted by molar-refractivity contribution is 0.0729. The fourth-order valence-electron chi connectivity index (χ4n) is 1.73. The monoisotopic (exact) mass is 246 g/mol. The maximum absolute atomic E-state index is 5.95. The van der Waals surface area contributed by atoms with Crippen molar-refractivity contribution >= 4 is 5.69 Å². The Labute approximate surface area is 107 Å². The molecule has 2 aromatic heterocycles. The number of pyridine rings is 1. The summed E-state index contributed by atoms with van der Waals surface area (Å²) in [5.74, 6) is 0. The molecule has 2 N–H and O–H groups in total. The first-order valence-corrected chi connectivity index (χ1v) is 6.00. The van der Waals surface area contributed by atoms with E-state index in [4.69, 9.17) is 10.5 Å². The normalized spacial score (nSPS) is 11.1. The molecule has 0 amide bonds. The summed E-state index contributed by atoms with van der Waals surface area (Å²) < 4.78 is 7.56. The smallest absolute Gasteiger partial charge is 0.0951 e. The van der Waals surface area contributed by atoms with Crippen LogP contribution in [0.2, 0.25) is 0 Å². The number of aromatic nitrogens is 3. The van der Waals surface area contributed by atoms with Gasteiger partial charge in [0.25, 0.3) is 0 Å². The first kappa shape index (κ1) is 12.6. The maximum atomic E-state index is 5.95. The van der Waals surface area contributed by atoms with Gasteiger partial charge in [0.05, 0.1) is 30.9 Å². The fraction of sp³-hybridized carbons (Fsp3) is 0.385. The van der Waals surface area contributed by atoms with E-state index in [9.17, 15) is 0 Å². The second-order valence-corrected chi connectivity index (χ2v) is 4.35. The number of imidazole rings is 1. The number of nitrogens with zero attached hydrogens (tertiary/aromatic N) is 3. The number of rotatable bonds is 5. The quantitative estimate of drug-likeness (QED) is 0.875. The Bertz CT molecular complexity index is 507. The van der Waals surface area contributed by atoms with E-state index in [1.807, 2.05) is 18.4 Å². The lowest BCUT2D eigenvalue weighted by Crippen LogP contribution is -2.11. The van der Waals surface area contributed by atoms with Crippen LogP contribution < -0.4 is 5.73 Å². The molecule has 5 heteroatoms. The van der Waals surface area contributed by atoms with Crippen LogP contribution in [0.1, 0.15) is 13.8 Å². The third kappa shape index (κ3) is 2.87. The van der Waals surface area contributed by atoms with Crippen molar-refractivity contribution in [1.29, 1.82) is 0 Å². The van der Waals surface area contributed by atoms with Crippen molar-refractivity contribution < 1.29 is 4.74 Å². The molecule has 0 aromatic carbocycles. The average Bonchev–Trinajstić information content (AvgIpc) is 2.77. The molecule has 0 atom stereocenters. The highest BCUT2D eigenvalue weighted by atomic mass is 16.5. The Morgan fingerprint density at radius 1 is 1.33 bits per heavy atom. The zero-order chi connectivity index (χ0) is 13.0. The molecule has 0 saturated carbocycles. The van der Waals surface area contributed by atoms with Crippen molar-refractivity contribution in [2.24, 2.45) is 0 Å². The molecule has 0 aliphatic heterocycles. The minimum Gasteiger partial charge on any atom is -0.398 e. The molecule has 0 radical (unpaired) electrons. The molecule has 0 unspecified atom stereocenters. The van der Waals surface area contributed by atoms with Gasteiger partial charge in [0, 0.05) is 30.2 Å². The molecule has 2 rings (SSSR count). The van der Waals surface area contributed by atoms with Gasteiger partial charge >= 0.3 is 0 Å². The van der Waals surface area contributed by atoms with Crippen LogP contribution in [0, 0.1) is 0 Å². The molecule has 0 saturated heterocycles. The van der Waals surface area contributed by atoms with Gasteiger partial charge in [0.1, 0.15) is 0 Å². The first-order chi connectivity index (χ1) is 8.68. The second-order valence-electron chi connectivity index (χ2n) is 4.35. The molecule has 0 fully saturated rings. The molecule has 18 heavy (non-hydrogen) atoms. The zero-order valence-electron chi connectivity index (χ0n) is 10.7. The maximum Gasteiger partial charge on any atom is 0.0951 e. The minimum atomic E-state index is 0.237. The summed E-state index contributed by atoms with van der Waals surface area (Å²) in [6.07, 6.45) is 7.25. The van der Waals surface area contributed by atoms with Crippen LogP contribution in [0.3, 0.4) is 0 Å². The molecular weight excluding hydrogens is 228 g/mol. The summed E-state index contributed by atoms with van der Waals surface area (Å²) in [4.78, 5) is 8.26. The van der Waals surface area contributed by atoms with Crippen LogP contribution in [0.25, 0.3) is 11.3 Å². The van der Waals surface area contributed by atoms with Gasteiger partial charge in [-0.2, -0.15) is 0 Å². The van der Waals surface area contributed by atoms with E-state index >= 15 is 0 Å². The Hall–Kier alpha value is -1.88. The third-order valence-electron chi connectivity index (χ3n) is 2.63. The first-order valence-electron chi connectivity index (χ1n) is 6.00. The van der Waals surface area contributed by atoms with Crippen molar-refractivity contribution in [3.8, 4) is 11.3 Å². The van der Waals surface area contributed by atoms with E-state index in [1.165, 1.54) is 0 Å². The Morgan fingerprint density at radius 2 is 2.17 bits per heavy atom. The Balaban J connectivity index is 2.15. The van der Waals surface area contributed by atoms with Crippen LogP contribution in [-0.4, -0.2) is 27.2 Å². The number of nitrogen functional groups attached to an aromatic ring is 1. The highest BCUT2D eigenvalue weighted by Crippen LogP contribution is 2.23. The van der Waals surface area contributed by atoms with Crippen LogP contribution in [0.4, 0.5) is 5.69 Å². The molecule has 0 bridgehead atoms. The summed E-state index contributed by atoms with van der Waals surface area (Å²) >= 11 is 0. The summed E-state index contributed by atoms with van der Waals surface area (Å²) in [6, 6.07) is 1.79. The number of anilines is 1. The van der Waals surface area contributed by atoms with Gasteiger partial charge in [0.15, 0.2) is 0 Å². The van der Waals surface area contributed by atoms with E-state index in [2.05, 4.69) is 9.97 Å². The van der Waals surface area contributed by atoms with Crippen LogP contribution in [0.15, 0.2) is 31.0 Å². The van der Waals surface area contributed by atoms with Crippen molar-refractivity contribution in [3.05, 3.63) is 31.0 Å². The number of nitrogens with two attached hydrogens (primary N) is 1. The predicted molar refractivity (Wildman–Crippen MR) is 71.0 cm³/mol. The largest absolute Gasteiger partial charge is 0.398 e. The number of ether oxygens (including phenoxy) is 1. The SMILES string of the molecule is CC(C)OCCn1cncc1-c1cnccc1N. The summed E-state index contributed by atoms with van der Waals surface area (Å²) in [5, 5.41) is 0. The molecule has 96 valence electrons. The van der Waals surface area contributed by atoms with E-state index in [0.29, 0.717) is 12.3 Å². The topological polar surface area (TPSA) is 66.0 Å².